The van der Waals surface area contributed by atoms with Gasteiger partial charge in [0, 0.05) is 13.1 Å². The van der Waals surface area contributed by atoms with Crippen molar-refractivity contribution in [2.45, 2.75) is 11.8 Å². The van der Waals surface area contributed by atoms with Crippen LogP contribution in [0.15, 0.2) is 59.5 Å². The number of ether oxygens (including phenoxy) is 1. The zero-order valence-electron chi connectivity index (χ0n) is 14.7. The number of rotatable bonds is 5. The van der Waals surface area contributed by atoms with Gasteiger partial charge in [-0.05, 0) is 31.2 Å². The molecule has 26 heavy (non-hydrogen) atoms. The third-order valence-electron chi connectivity index (χ3n) is 4.30. The van der Waals surface area contributed by atoms with Crippen LogP contribution >= 0.6 is 0 Å². The average Bonchev–Trinajstić information content (AvgIpc) is 2.67. The van der Waals surface area contributed by atoms with E-state index in [0.717, 1.165) is 5.56 Å². The molecule has 0 bridgehead atoms. The van der Waals surface area contributed by atoms with Crippen LogP contribution < -0.4 is 4.31 Å². The van der Waals surface area contributed by atoms with Crippen LogP contribution in [-0.4, -0.2) is 52.1 Å². The molecule has 2 aromatic carbocycles. The summed E-state index contributed by atoms with van der Waals surface area (Å²) < 4.78 is 32.8. The van der Waals surface area contributed by atoms with Gasteiger partial charge >= 0.3 is 0 Å². The van der Waals surface area contributed by atoms with Crippen LogP contribution in [0.2, 0.25) is 0 Å². The molecule has 0 saturated carbocycles. The van der Waals surface area contributed by atoms with Crippen LogP contribution in [0.3, 0.4) is 0 Å². The molecule has 1 saturated heterocycles. The van der Waals surface area contributed by atoms with Gasteiger partial charge in [-0.25, -0.2) is 8.42 Å². The molecule has 0 spiro atoms. The molecule has 1 aliphatic heterocycles. The van der Waals surface area contributed by atoms with Gasteiger partial charge in [0.15, 0.2) is 0 Å². The van der Waals surface area contributed by atoms with E-state index >= 15 is 0 Å². The predicted molar refractivity (Wildman–Crippen MR) is 99.6 cm³/mol. The van der Waals surface area contributed by atoms with E-state index in [1.807, 2.05) is 13.0 Å². The van der Waals surface area contributed by atoms with Crippen molar-refractivity contribution in [1.29, 1.82) is 0 Å². The van der Waals surface area contributed by atoms with Gasteiger partial charge in [-0.1, -0.05) is 35.9 Å². The van der Waals surface area contributed by atoms with Crippen LogP contribution in [0.4, 0.5) is 5.69 Å². The first-order chi connectivity index (χ1) is 12.5. The lowest BCUT2D eigenvalue weighted by atomic mass is 10.2. The standard InChI is InChI=1S/C19H22N2O4S/c1-16-7-9-18(10-8-16)26(23,24)21(17-5-3-2-4-6-17)15-19(22)20-11-13-25-14-12-20/h2-10H,11-15H2,1H3. The van der Waals surface area contributed by atoms with E-state index < -0.39 is 10.0 Å². The Hall–Kier alpha value is -2.38. The lowest BCUT2D eigenvalue weighted by Gasteiger charge is -2.30. The maximum Gasteiger partial charge on any atom is 0.264 e. The second-order valence-electron chi connectivity index (χ2n) is 6.15. The highest BCUT2D eigenvalue weighted by atomic mass is 32.2. The second kappa shape index (κ2) is 7.88. The van der Waals surface area contributed by atoms with Crippen molar-refractivity contribution in [3.05, 3.63) is 60.2 Å². The number of nitrogens with zero attached hydrogens (tertiary/aromatic N) is 2. The van der Waals surface area contributed by atoms with Crippen molar-refractivity contribution in [2.24, 2.45) is 0 Å². The van der Waals surface area contributed by atoms with E-state index in [4.69, 9.17) is 4.74 Å². The zero-order valence-corrected chi connectivity index (χ0v) is 15.5. The first-order valence-corrected chi connectivity index (χ1v) is 9.92. The molecular weight excluding hydrogens is 352 g/mol. The quantitative estimate of drug-likeness (QED) is 0.803. The fraction of sp³-hybridized carbons (Fsp3) is 0.316. The average molecular weight is 374 g/mol. The van der Waals surface area contributed by atoms with Crippen LogP contribution in [-0.2, 0) is 19.6 Å². The van der Waals surface area contributed by atoms with E-state index in [9.17, 15) is 13.2 Å². The topological polar surface area (TPSA) is 66.9 Å². The van der Waals surface area contributed by atoms with Gasteiger partial charge in [-0.2, -0.15) is 0 Å². The summed E-state index contributed by atoms with van der Waals surface area (Å²) in [5.74, 6) is -0.229. The number of carbonyl (C=O) groups is 1. The maximum atomic E-state index is 13.2. The Bertz CT molecular complexity index is 845. The fourth-order valence-electron chi connectivity index (χ4n) is 2.78. The molecule has 138 valence electrons. The molecule has 3 rings (SSSR count). The number of aryl methyl sites for hydroxylation is 1. The number of sulfonamides is 1. The number of anilines is 1. The molecule has 1 amide bonds. The summed E-state index contributed by atoms with van der Waals surface area (Å²) in [4.78, 5) is 14.5. The second-order valence-corrected chi connectivity index (χ2v) is 8.02. The molecule has 0 radical (unpaired) electrons. The largest absolute Gasteiger partial charge is 0.378 e. The molecular formula is C19H22N2O4S. The minimum atomic E-state index is -3.85. The number of carbonyl (C=O) groups excluding carboxylic acids is 1. The van der Waals surface area contributed by atoms with E-state index in [1.54, 1.807) is 53.4 Å². The SMILES string of the molecule is Cc1ccc(S(=O)(=O)N(CC(=O)N2CCOCC2)c2ccccc2)cc1. The summed E-state index contributed by atoms with van der Waals surface area (Å²) in [6.45, 7) is 3.56. The Morgan fingerprint density at radius 3 is 2.27 bits per heavy atom. The van der Waals surface area contributed by atoms with Gasteiger partial charge in [0.05, 0.1) is 23.8 Å². The first kappa shape index (κ1) is 18.4. The number of morpholine rings is 1. The number of amides is 1. The molecule has 7 heteroatoms. The lowest BCUT2D eigenvalue weighted by molar-refractivity contribution is -0.133. The molecule has 0 aliphatic carbocycles. The first-order valence-electron chi connectivity index (χ1n) is 8.48. The smallest absolute Gasteiger partial charge is 0.264 e. The predicted octanol–water partition coefficient (Wildman–Crippen LogP) is 2.05. The molecule has 0 N–H and O–H groups in total. The summed E-state index contributed by atoms with van der Waals surface area (Å²) in [5, 5.41) is 0. The minimum Gasteiger partial charge on any atom is -0.378 e. The summed E-state index contributed by atoms with van der Waals surface area (Å²) in [6.07, 6.45) is 0. The van der Waals surface area contributed by atoms with E-state index in [-0.39, 0.29) is 17.3 Å². The van der Waals surface area contributed by atoms with E-state index in [2.05, 4.69) is 0 Å². The Morgan fingerprint density at radius 2 is 1.65 bits per heavy atom. The molecule has 0 atom stereocenters. The molecule has 0 unspecified atom stereocenters. The summed E-state index contributed by atoms with van der Waals surface area (Å²) in [5.41, 5.74) is 1.44. The van der Waals surface area contributed by atoms with Crippen molar-refractivity contribution in [2.75, 3.05) is 37.2 Å². The van der Waals surface area contributed by atoms with Crippen molar-refractivity contribution in [3.63, 3.8) is 0 Å². The molecule has 1 aliphatic rings. The third-order valence-corrected chi connectivity index (χ3v) is 6.08. The molecule has 1 fully saturated rings. The van der Waals surface area contributed by atoms with E-state index in [0.29, 0.717) is 32.0 Å². The van der Waals surface area contributed by atoms with Crippen molar-refractivity contribution >= 4 is 21.6 Å². The van der Waals surface area contributed by atoms with Gasteiger partial charge in [-0.3, -0.25) is 9.10 Å². The lowest BCUT2D eigenvalue weighted by Crippen LogP contribution is -2.47. The van der Waals surface area contributed by atoms with Gasteiger partial charge in [-0.15, -0.1) is 0 Å². The van der Waals surface area contributed by atoms with Crippen LogP contribution in [0.25, 0.3) is 0 Å². The van der Waals surface area contributed by atoms with Gasteiger partial charge in [0.2, 0.25) is 5.91 Å². The maximum absolute atomic E-state index is 13.2. The summed E-state index contributed by atoms with van der Waals surface area (Å²) in [7, 11) is -3.85. The molecule has 1 heterocycles. The molecule has 0 aromatic heterocycles. The molecule has 6 nitrogen and oxygen atoms in total. The monoisotopic (exact) mass is 374 g/mol. The Kier molecular flexibility index (Phi) is 5.58. The normalized spacial score (nSPS) is 14.9. The van der Waals surface area contributed by atoms with Crippen molar-refractivity contribution in [1.82, 2.24) is 4.90 Å². The van der Waals surface area contributed by atoms with Crippen molar-refractivity contribution in [3.8, 4) is 0 Å². The number of benzene rings is 2. The van der Waals surface area contributed by atoms with E-state index in [1.165, 1.54) is 4.31 Å². The van der Waals surface area contributed by atoms with Gasteiger partial charge in [0.1, 0.15) is 6.54 Å². The van der Waals surface area contributed by atoms with Gasteiger partial charge in [0.25, 0.3) is 10.0 Å². The van der Waals surface area contributed by atoms with Crippen LogP contribution in [0.1, 0.15) is 5.56 Å². The Labute approximate surface area is 154 Å². The minimum absolute atomic E-state index is 0.168. The number of hydrogen-bond donors (Lipinski definition) is 0. The summed E-state index contributed by atoms with van der Waals surface area (Å²) in [6, 6.07) is 15.3. The molecule has 2 aromatic rings. The zero-order chi connectivity index (χ0) is 18.6. The van der Waals surface area contributed by atoms with Crippen molar-refractivity contribution < 1.29 is 17.9 Å². The fourth-order valence-corrected chi connectivity index (χ4v) is 4.20. The highest BCUT2D eigenvalue weighted by Crippen LogP contribution is 2.24. The highest BCUT2D eigenvalue weighted by Gasteiger charge is 2.29. The number of hydrogen-bond acceptors (Lipinski definition) is 4. The third kappa shape index (κ3) is 4.05. The summed E-state index contributed by atoms with van der Waals surface area (Å²) >= 11 is 0. The number of para-hydroxylation sites is 1. The van der Waals surface area contributed by atoms with Crippen LogP contribution in [0, 0.1) is 6.92 Å². The Morgan fingerprint density at radius 1 is 1.04 bits per heavy atom. The highest BCUT2D eigenvalue weighted by molar-refractivity contribution is 7.92. The van der Waals surface area contributed by atoms with Crippen LogP contribution in [0.5, 0.6) is 0 Å². The Balaban J connectivity index is 1.93. The van der Waals surface area contributed by atoms with Gasteiger partial charge < -0.3 is 9.64 Å².